The van der Waals surface area contributed by atoms with Gasteiger partial charge in [-0.2, -0.15) is 0 Å². The summed E-state index contributed by atoms with van der Waals surface area (Å²) in [4.78, 5) is 30.4. The van der Waals surface area contributed by atoms with E-state index < -0.39 is 6.09 Å². The summed E-state index contributed by atoms with van der Waals surface area (Å²) in [6, 6.07) is 5.01. The quantitative estimate of drug-likeness (QED) is 0.465. The Labute approximate surface area is 142 Å². The normalized spacial score (nSPS) is 18.5. The summed E-state index contributed by atoms with van der Waals surface area (Å²) in [7, 11) is 0. The largest absolute Gasteiger partial charge is 0.428 e. The van der Waals surface area contributed by atoms with E-state index in [4.69, 9.17) is 22.2 Å². The minimum absolute atomic E-state index is 0.129. The first-order valence-electron chi connectivity index (χ1n) is 7.47. The molecule has 1 aromatic carbocycles. The van der Waals surface area contributed by atoms with Gasteiger partial charge in [0.1, 0.15) is 12.0 Å². The van der Waals surface area contributed by atoms with Gasteiger partial charge in [-0.15, -0.1) is 0 Å². The number of amides is 2. The van der Waals surface area contributed by atoms with E-state index in [1.165, 1.54) is 6.33 Å². The van der Waals surface area contributed by atoms with E-state index in [-0.39, 0.29) is 17.8 Å². The maximum atomic E-state index is 13.0. The van der Waals surface area contributed by atoms with Crippen molar-refractivity contribution in [2.24, 2.45) is 5.84 Å². The molecule has 124 valence electrons. The molecule has 2 amide bonds. The summed E-state index contributed by atoms with van der Waals surface area (Å²) < 4.78 is 6.93. The van der Waals surface area contributed by atoms with E-state index in [0.717, 1.165) is 12.8 Å². The van der Waals surface area contributed by atoms with E-state index >= 15 is 0 Å². The Morgan fingerprint density at radius 3 is 3.08 bits per heavy atom. The number of halogens is 1. The molecule has 4 rings (SSSR count). The lowest BCUT2D eigenvalue weighted by Crippen LogP contribution is -2.34. The molecule has 0 unspecified atom stereocenters. The van der Waals surface area contributed by atoms with Gasteiger partial charge >= 0.3 is 6.09 Å². The molecule has 0 radical (unpaired) electrons. The number of hydrazine groups is 1. The van der Waals surface area contributed by atoms with Gasteiger partial charge in [0, 0.05) is 6.54 Å². The Hall–Kier alpha value is -2.58. The molecular weight excluding hydrogens is 334 g/mol. The SMILES string of the molecule is NNC(=O)Oc1ncn2c1[C@@H]1CCCN1C(=O)c1c(Cl)cccc1-2. The zero-order valence-electron chi connectivity index (χ0n) is 12.5. The van der Waals surface area contributed by atoms with Crippen molar-refractivity contribution in [2.75, 3.05) is 6.54 Å². The van der Waals surface area contributed by atoms with Crippen LogP contribution in [0.2, 0.25) is 5.02 Å². The van der Waals surface area contributed by atoms with Crippen LogP contribution >= 0.6 is 11.6 Å². The molecule has 0 spiro atoms. The van der Waals surface area contributed by atoms with Gasteiger partial charge in [-0.3, -0.25) is 14.8 Å². The minimum atomic E-state index is -0.817. The van der Waals surface area contributed by atoms with Crippen LogP contribution in [-0.4, -0.2) is 33.0 Å². The molecule has 2 aliphatic rings. The van der Waals surface area contributed by atoms with Crippen LogP contribution in [-0.2, 0) is 0 Å². The second-order valence-electron chi connectivity index (χ2n) is 5.63. The van der Waals surface area contributed by atoms with Gasteiger partial charge < -0.3 is 9.64 Å². The van der Waals surface area contributed by atoms with E-state index in [1.54, 1.807) is 27.7 Å². The predicted molar refractivity (Wildman–Crippen MR) is 84.9 cm³/mol. The third-order valence-corrected chi connectivity index (χ3v) is 4.69. The molecule has 9 heteroatoms. The number of benzene rings is 1. The van der Waals surface area contributed by atoms with Crippen LogP contribution in [0.3, 0.4) is 0 Å². The highest BCUT2D eigenvalue weighted by atomic mass is 35.5. The molecule has 1 aromatic heterocycles. The van der Waals surface area contributed by atoms with Crippen molar-refractivity contribution in [3.05, 3.63) is 40.8 Å². The highest BCUT2D eigenvalue weighted by Crippen LogP contribution is 2.43. The number of hydrogen-bond acceptors (Lipinski definition) is 5. The molecule has 0 bridgehead atoms. The van der Waals surface area contributed by atoms with Crippen molar-refractivity contribution >= 4 is 23.6 Å². The maximum Gasteiger partial charge on any atom is 0.428 e. The van der Waals surface area contributed by atoms with Gasteiger partial charge in [-0.25, -0.2) is 15.6 Å². The first-order valence-corrected chi connectivity index (χ1v) is 7.85. The molecule has 3 N–H and O–H groups in total. The number of imidazole rings is 1. The molecule has 2 aliphatic heterocycles. The average Bonchev–Trinajstić information content (AvgIpc) is 3.18. The number of nitrogens with one attached hydrogen (secondary N) is 1. The van der Waals surface area contributed by atoms with Crippen molar-refractivity contribution in [3.63, 3.8) is 0 Å². The minimum Gasteiger partial charge on any atom is -0.388 e. The third kappa shape index (κ3) is 2.07. The lowest BCUT2D eigenvalue weighted by molar-refractivity contribution is 0.0737. The van der Waals surface area contributed by atoms with Crippen LogP contribution < -0.4 is 16.0 Å². The van der Waals surface area contributed by atoms with Crippen LogP contribution in [0.25, 0.3) is 5.69 Å². The Bertz CT molecular complexity index is 850. The molecule has 2 aromatic rings. The number of nitrogens with zero attached hydrogens (tertiary/aromatic N) is 3. The smallest absolute Gasteiger partial charge is 0.388 e. The average molecular weight is 348 g/mol. The van der Waals surface area contributed by atoms with Crippen LogP contribution in [0.5, 0.6) is 5.88 Å². The predicted octanol–water partition coefficient (Wildman–Crippen LogP) is 1.78. The molecular formula is C15H14ClN5O3. The van der Waals surface area contributed by atoms with Crippen molar-refractivity contribution in [2.45, 2.75) is 18.9 Å². The Morgan fingerprint density at radius 1 is 1.46 bits per heavy atom. The summed E-state index contributed by atoms with van der Waals surface area (Å²) in [5, 5.41) is 0.381. The fraction of sp³-hybridized carbons (Fsp3) is 0.267. The van der Waals surface area contributed by atoms with E-state index in [1.807, 2.05) is 5.43 Å². The zero-order chi connectivity index (χ0) is 16.8. The van der Waals surface area contributed by atoms with Crippen LogP contribution in [0.1, 0.15) is 34.9 Å². The van der Waals surface area contributed by atoms with Gasteiger partial charge in [0.15, 0.2) is 0 Å². The number of carbonyl (C=O) groups excluding carboxylic acids is 2. The maximum absolute atomic E-state index is 13.0. The van der Waals surface area contributed by atoms with Gasteiger partial charge in [0.2, 0.25) is 5.88 Å². The van der Waals surface area contributed by atoms with Crippen molar-refractivity contribution in [1.29, 1.82) is 0 Å². The van der Waals surface area contributed by atoms with Crippen molar-refractivity contribution in [1.82, 2.24) is 19.9 Å². The lowest BCUT2D eigenvalue weighted by atomic mass is 10.1. The molecule has 0 saturated carbocycles. The Morgan fingerprint density at radius 2 is 2.29 bits per heavy atom. The first-order chi connectivity index (χ1) is 11.6. The molecule has 1 atom stereocenters. The molecule has 0 aliphatic carbocycles. The second kappa shape index (κ2) is 5.50. The van der Waals surface area contributed by atoms with Crippen LogP contribution in [0, 0.1) is 0 Å². The summed E-state index contributed by atoms with van der Waals surface area (Å²) >= 11 is 6.29. The van der Waals surface area contributed by atoms with E-state index in [0.29, 0.717) is 28.5 Å². The summed E-state index contributed by atoms with van der Waals surface area (Å²) in [6.45, 7) is 0.613. The monoisotopic (exact) mass is 347 g/mol. The van der Waals surface area contributed by atoms with Gasteiger partial charge in [-0.1, -0.05) is 17.7 Å². The number of hydrogen-bond donors (Lipinski definition) is 2. The zero-order valence-corrected chi connectivity index (χ0v) is 13.3. The lowest BCUT2D eigenvalue weighted by Gasteiger charge is -2.22. The van der Waals surface area contributed by atoms with Gasteiger partial charge in [0.05, 0.1) is 22.3 Å². The number of nitrogens with two attached hydrogens (primary N) is 1. The topological polar surface area (TPSA) is 102 Å². The standard InChI is InChI=1S/C15H14ClN5O3/c16-8-3-1-4-9-11(8)14(22)20-6-2-5-10(20)12-13(18-7-21(9)12)24-15(23)19-17/h1,3-4,7,10H,2,5-6,17H2,(H,19,23)/t10-/m0/s1. The fourth-order valence-electron chi connectivity index (χ4n) is 3.40. The van der Waals surface area contributed by atoms with Gasteiger partial charge in [0.25, 0.3) is 5.91 Å². The summed E-state index contributed by atoms with van der Waals surface area (Å²) in [5.41, 5.74) is 3.60. The molecule has 1 fully saturated rings. The summed E-state index contributed by atoms with van der Waals surface area (Å²) in [6.07, 6.45) is 2.31. The number of aromatic nitrogens is 2. The van der Waals surface area contributed by atoms with Crippen LogP contribution in [0.4, 0.5) is 4.79 Å². The molecule has 1 saturated heterocycles. The summed E-state index contributed by atoms with van der Waals surface area (Å²) in [5.74, 6) is 5.09. The first kappa shape index (κ1) is 15.0. The number of fused-ring (bicyclic) bond motifs is 5. The fourth-order valence-corrected chi connectivity index (χ4v) is 3.65. The van der Waals surface area contributed by atoms with Crippen molar-refractivity contribution < 1.29 is 14.3 Å². The molecule has 3 heterocycles. The van der Waals surface area contributed by atoms with Crippen LogP contribution in [0.15, 0.2) is 24.5 Å². The Kier molecular flexibility index (Phi) is 3.43. The number of carbonyl (C=O) groups is 2. The van der Waals surface area contributed by atoms with Gasteiger partial charge in [-0.05, 0) is 25.0 Å². The molecule has 24 heavy (non-hydrogen) atoms. The Balaban J connectivity index is 1.95. The third-order valence-electron chi connectivity index (χ3n) is 4.37. The molecule has 8 nitrogen and oxygen atoms in total. The van der Waals surface area contributed by atoms with E-state index in [2.05, 4.69) is 4.98 Å². The highest BCUT2D eigenvalue weighted by molar-refractivity contribution is 6.34. The second-order valence-corrected chi connectivity index (χ2v) is 6.04. The number of rotatable bonds is 1. The highest BCUT2D eigenvalue weighted by Gasteiger charge is 2.40. The number of ether oxygens (including phenoxy) is 1. The van der Waals surface area contributed by atoms with Crippen molar-refractivity contribution in [3.8, 4) is 11.6 Å². The van der Waals surface area contributed by atoms with E-state index in [9.17, 15) is 9.59 Å².